The number of hydrogen-bond donors (Lipinski definition) is 17. The Kier molecular flexibility index (Phi) is 23.6. The van der Waals surface area contributed by atoms with Crippen LogP contribution < -0.4 is 5.32 Å². The summed E-state index contributed by atoms with van der Waals surface area (Å²) in [5.74, 6) is -1.28. The summed E-state index contributed by atoms with van der Waals surface area (Å²) in [4.78, 5) is 30.3. The summed E-state index contributed by atoms with van der Waals surface area (Å²) in [6.45, 7) is -5.55. The molecule has 1 unspecified atom stereocenters. The molecular weight excluding hydrogens is 914 g/mol. The van der Waals surface area contributed by atoms with E-state index >= 15 is 0 Å². The van der Waals surface area contributed by atoms with Gasteiger partial charge in [-0.05, 0) is 13.5 Å². The summed E-state index contributed by atoms with van der Waals surface area (Å²) in [7, 11) is 1.42. The highest BCUT2D eigenvalue weighted by Crippen LogP contribution is 2.26. The van der Waals surface area contributed by atoms with Gasteiger partial charge in [0, 0.05) is 32.6 Å². The van der Waals surface area contributed by atoms with Crippen LogP contribution in [0.5, 0.6) is 0 Å². The van der Waals surface area contributed by atoms with Crippen molar-refractivity contribution < 1.29 is 129 Å². The van der Waals surface area contributed by atoms with E-state index in [1.54, 1.807) is 0 Å². The Labute approximate surface area is 383 Å². The highest BCUT2D eigenvalue weighted by Gasteiger charge is 2.47. The number of amides is 2. The lowest BCUT2D eigenvalue weighted by molar-refractivity contribution is -0.303. The van der Waals surface area contributed by atoms with Crippen molar-refractivity contribution in [3.63, 3.8) is 0 Å². The molecular formula is C38H69N3O26. The van der Waals surface area contributed by atoms with Crippen LogP contribution in [0.15, 0.2) is 0 Å². The Balaban J connectivity index is 1.45. The van der Waals surface area contributed by atoms with Crippen LogP contribution in [0.2, 0.25) is 0 Å². The highest BCUT2D eigenvalue weighted by atomic mass is 16.7. The maximum atomic E-state index is 14.1. The van der Waals surface area contributed by atoms with Crippen molar-refractivity contribution in [2.24, 2.45) is 0 Å². The number of hydrogen-bond acceptors (Lipinski definition) is 27. The third kappa shape index (κ3) is 14.8. The van der Waals surface area contributed by atoms with Gasteiger partial charge in [-0.1, -0.05) is 0 Å². The zero-order chi connectivity index (χ0) is 49.7. The van der Waals surface area contributed by atoms with E-state index < -0.39 is 167 Å². The van der Waals surface area contributed by atoms with E-state index in [1.807, 2.05) is 0 Å². The van der Waals surface area contributed by atoms with Crippen molar-refractivity contribution >= 4 is 11.8 Å². The molecule has 29 heteroatoms. The Morgan fingerprint density at radius 3 is 0.970 bits per heavy atom. The average molecular weight is 984 g/mol. The van der Waals surface area contributed by atoms with Gasteiger partial charge >= 0.3 is 0 Å². The van der Waals surface area contributed by atoms with Gasteiger partial charge in [-0.2, -0.15) is 0 Å². The van der Waals surface area contributed by atoms with Gasteiger partial charge in [0.1, 0.15) is 97.7 Å². The van der Waals surface area contributed by atoms with Crippen molar-refractivity contribution in [2.45, 2.75) is 142 Å². The Bertz CT molecular complexity index is 1370. The van der Waals surface area contributed by atoms with Crippen LogP contribution in [0.3, 0.4) is 0 Å². The minimum atomic E-state index is -1.76. The van der Waals surface area contributed by atoms with Crippen LogP contribution in [0.25, 0.3) is 0 Å². The molecule has 0 aliphatic carbocycles. The van der Waals surface area contributed by atoms with Crippen molar-refractivity contribution in [3.05, 3.63) is 0 Å². The van der Waals surface area contributed by atoms with Crippen molar-refractivity contribution in [1.82, 2.24) is 15.1 Å². The number of ether oxygens (including phenoxy) is 8. The molecule has 29 nitrogen and oxygen atoms in total. The number of likely N-dealkylation sites (N-methyl/N-ethyl adjacent to an activating group) is 1. The normalized spacial score (nSPS) is 39.8. The first-order chi connectivity index (χ1) is 31.8. The standard InChI is InChI=1S/C38H69N3O26/c1-39-16(34(59)41(6-10-62-37-32(57)28(53)24(49)19(14-44)66-37)7-11-63-38-33(58)29(54)25(50)20(15-45)67-38)2-3-21(46)40(4-8-60-35-30(55)26(51)22(47)17(12-42)64-35)5-9-61-36-31(56)27(52)23(48)18(13-43)65-36/h16-20,22-33,35-39,42-45,47-58H,2-15H2,1H3/t16-,17+,18+,19+,20+,22+,23+,24+,25+,26-,27-,28-,29-,30-,31-,32-,33-,35-,36-,37-,38?/m0/s1. The fraction of sp³-hybridized carbons (Fsp3) is 0.947. The lowest BCUT2D eigenvalue weighted by atomic mass is 9.99. The molecule has 4 saturated heterocycles. The first-order valence-electron chi connectivity index (χ1n) is 21.8. The summed E-state index contributed by atoms with van der Waals surface area (Å²) < 4.78 is 43.8. The number of aliphatic hydroxyl groups is 16. The van der Waals surface area contributed by atoms with Crippen LogP contribution in [0.4, 0.5) is 0 Å². The molecule has 0 aromatic carbocycles. The van der Waals surface area contributed by atoms with Crippen LogP contribution in [0, 0.1) is 0 Å². The van der Waals surface area contributed by atoms with Crippen LogP contribution in [-0.2, 0) is 47.5 Å². The summed E-state index contributed by atoms with van der Waals surface area (Å²) in [5, 5.41) is 164. The quantitative estimate of drug-likeness (QED) is 0.0404. The zero-order valence-electron chi connectivity index (χ0n) is 36.7. The second kappa shape index (κ2) is 27.5. The SMILES string of the molecule is CN[C@@H](CCC(=O)N(CCO[C@H]1O[C@H](CO)[C@@H](O)[C@H](O)[C@@H]1O)CCO[C@H]1O[C@H](CO)[C@@H](O)[C@H](O)[C@@H]1O)C(=O)N(CCOC1O[C@H](CO)[C@@H](O)[C@H](O)[C@@H]1O)CCO[C@H]1O[C@H](CO)[C@@H](O)[C@H](O)[C@@H]1O. The summed E-state index contributed by atoms with van der Waals surface area (Å²) in [6, 6.07) is -1.12. The van der Waals surface area contributed by atoms with Crippen LogP contribution in [-0.4, -0.2) is 318 Å². The van der Waals surface area contributed by atoms with Crippen molar-refractivity contribution in [1.29, 1.82) is 0 Å². The van der Waals surface area contributed by atoms with Crippen molar-refractivity contribution in [2.75, 3.05) is 86.1 Å². The van der Waals surface area contributed by atoms with Gasteiger partial charge in [-0.25, -0.2) is 0 Å². The molecule has 17 N–H and O–H groups in total. The predicted molar refractivity (Wildman–Crippen MR) is 214 cm³/mol. The molecule has 392 valence electrons. The summed E-state index contributed by atoms with van der Waals surface area (Å²) in [6.07, 6.45) is -32.7. The molecule has 0 bridgehead atoms. The van der Waals surface area contributed by atoms with Gasteiger partial charge in [0.15, 0.2) is 25.2 Å². The van der Waals surface area contributed by atoms with Gasteiger partial charge in [-0.15, -0.1) is 0 Å². The lowest BCUT2D eigenvalue weighted by Gasteiger charge is -2.40. The fourth-order valence-corrected chi connectivity index (χ4v) is 7.67. The number of aliphatic hydroxyl groups excluding tert-OH is 16. The van der Waals surface area contributed by atoms with E-state index in [0.29, 0.717) is 0 Å². The van der Waals surface area contributed by atoms with Gasteiger partial charge in [-0.3, -0.25) is 9.59 Å². The molecule has 4 rings (SSSR count). The number of rotatable bonds is 25. The second-order valence-corrected chi connectivity index (χ2v) is 16.4. The summed E-state index contributed by atoms with van der Waals surface area (Å²) >= 11 is 0. The molecule has 2 amide bonds. The molecule has 4 heterocycles. The van der Waals surface area contributed by atoms with Crippen molar-refractivity contribution in [3.8, 4) is 0 Å². The van der Waals surface area contributed by atoms with E-state index in [4.69, 9.17) is 37.9 Å². The van der Waals surface area contributed by atoms with Gasteiger partial charge < -0.3 is 135 Å². The molecule has 4 aliphatic rings. The number of carbonyl (C=O) groups is 2. The molecule has 21 atom stereocenters. The average Bonchev–Trinajstić information content (AvgIpc) is 3.32. The second-order valence-electron chi connectivity index (χ2n) is 16.4. The molecule has 67 heavy (non-hydrogen) atoms. The summed E-state index contributed by atoms with van der Waals surface area (Å²) in [5.41, 5.74) is 0. The zero-order valence-corrected chi connectivity index (χ0v) is 36.7. The molecule has 0 aromatic heterocycles. The van der Waals surface area contributed by atoms with Gasteiger partial charge in [0.2, 0.25) is 11.8 Å². The number of carbonyl (C=O) groups excluding carboxylic acids is 2. The molecule has 0 radical (unpaired) electrons. The molecule has 0 aromatic rings. The third-order valence-electron chi connectivity index (χ3n) is 11.9. The van der Waals surface area contributed by atoms with Gasteiger partial charge in [0.25, 0.3) is 0 Å². The van der Waals surface area contributed by atoms with Crippen LogP contribution in [0.1, 0.15) is 12.8 Å². The fourth-order valence-electron chi connectivity index (χ4n) is 7.67. The Morgan fingerprint density at radius 1 is 0.448 bits per heavy atom. The maximum absolute atomic E-state index is 14.1. The third-order valence-corrected chi connectivity index (χ3v) is 11.9. The predicted octanol–water partition coefficient (Wildman–Crippen LogP) is -11.7. The maximum Gasteiger partial charge on any atom is 0.239 e. The Morgan fingerprint density at radius 2 is 0.716 bits per heavy atom. The van der Waals surface area contributed by atoms with E-state index in [9.17, 15) is 91.3 Å². The molecule has 4 aliphatic heterocycles. The topological polar surface area (TPSA) is 450 Å². The molecule has 0 saturated carbocycles. The first-order valence-corrected chi connectivity index (χ1v) is 21.8. The number of nitrogens with zero attached hydrogens (tertiary/aromatic N) is 2. The van der Waals surface area contributed by atoms with Gasteiger partial charge in [0.05, 0.1) is 58.9 Å². The Hall–Kier alpha value is -2.06. The molecule has 4 fully saturated rings. The lowest BCUT2D eigenvalue weighted by Crippen LogP contribution is -2.59. The van der Waals surface area contributed by atoms with E-state index in [2.05, 4.69) is 5.32 Å². The molecule has 0 spiro atoms. The number of nitrogens with one attached hydrogen (secondary N) is 1. The van der Waals surface area contributed by atoms with E-state index in [0.717, 1.165) is 0 Å². The highest BCUT2D eigenvalue weighted by molar-refractivity contribution is 5.83. The smallest absolute Gasteiger partial charge is 0.239 e. The minimum Gasteiger partial charge on any atom is -0.394 e. The van der Waals surface area contributed by atoms with Crippen LogP contribution >= 0.6 is 0 Å². The largest absolute Gasteiger partial charge is 0.394 e. The monoisotopic (exact) mass is 983 g/mol. The van der Waals surface area contributed by atoms with E-state index in [1.165, 1.54) is 16.8 Å². The first kappa shape index (κ1) is 57.5. The van der Waals surface area contributed by atoms with E-state index in [-0.39, 0.29) is 65.4 Å². The minimum absolute atomic E-state index is 0.191.